The van der Waals surface area contributed by atoms with Crippen LogP contribution in [0.25, 0.3) is 0 Å². The molecule has 0 spiro atoms. The lowest BCUT2D eigenvalue weighted by Gasteiger charge is -2.11. The summed E-state index contributed by atoms with van der Waals surface area (Å²) >= 11 is 4.00. The normalized spacial score (nSPS) is 15.1. The van der Waals surface area contributed by atoms with Crippen LogP contribution in [0.3, 0.4) is 0 Å². The summed E-state index contributed by atoms with van der Waals surface area (Å²) in [6.45, 7) is 4.44. The largest absolute Gasteiger partial charge is 0.347 e. The second-order valence-electron chi connectivity index (χ2n) is 4.60. The first-order chi connectivity index (χ1) is 7.43. The molecule has 88 valence electrons. The van der Waals surface area contributed by atoms with Gasteiger partial charge in [-0.1, -0.05) is 26.7 Å². The molecule has 0 N–H and O–H groups in total. The van der Waals surface area contributed by atoms with Crippen molar-refractivity contribution in [1.82, 2.24) is 8.87 Å². The van der Waals surface area contributed by atoms with E-state index in [1.165, 1.54) is 4.31 Å². The highest BCUT2D eigenvalue weighted by molar-refractivity contribution is 7.78. The van der Waals surface area contributed by atoms with E-state index >= 15 is 0 Å². The molecule has 0 unspecified atom stereocenters. The fourth-order valence-corrected chi connectivity index (χ4v) is 2.34. The van der Waals surface area contributed by atoms with E-state index in [0.717, 1.165) is 5.69 Å². The van der Waals surface area contributed by atoms with Crippen LogP contribution in [0.15, 0.2) is 0 Å². The van der Waals surface area contributed by atoms with Gasteiger partial charge in [-0.15, -0.1) is 0 Å². The molecule has 0 saturated carbocycles. The molecule has 16 heavy (non-hydrogen) atoms. The van der Waals surface area contributed by atoms with Gasteiger partial charge in [0, 0.05) is 7.05 Å². The lowest BCUT2D eigenvalue weighted by molar-refractivity contribution is 0.0887. The Kier molecular flexibility index (Phi) is 2.74. The van der Waals surface area contributed by atoms with Crippen molar-refractivity contribution in [2.75, 3.05) is 0 Å². The molecule has 5 heteroatoms. The second-order valence-corrected chi connectivity index (χ2v) is 5.09. The molecule has 0 aliphatic carbocycles. The Labute approximate surface area is 99.8 Å². The van der Waals surface area contributed by atoms with Crippen LogP contribution in [0, 0.1) is 11.7 Å². The predicted octanol–water partition coefficient (Wildman–Crippen LogP) is 2.16. The van der Waals surface area contributed by atoms with Crippen molar-refractivity contribution in [3.8, 4) is 0 Å². The Bertz CT molecular complexity index is 453. The van der Waals surface area contributed by atoms with Crippen LogP contribution in [0.2, 0.25) is 0 Å². The van der Waals surface area contributed by atoms with E-state index < -0.39 is 0 Å². The molecular weight excluding hydrogens is 227 g/mol. The standard InChI is InChI=1S/C11H15FN2OS/c1-6(2)4-7-10(12)9-8(13(7)3)5-14(16)11(9)15/h6,16H,4-5H2,1-3H3. The quantitative estimate of drug-likeness (QED) is 0.790. The van der Waals surface area contributed by atoms with Gasteiger partial charge in [0.15, 0.2) is 5.82 Å². The number of hydrogen-bond acceptors (Lipinski definition) is 2. The highest BCUT2D eigenvalue weighted by Crippen LogP contribution is 2.31. The number of amides is 1. The summed E-state index contributed by atoms with van der Waals surface area (Å²) in [7, 11) is 1.81. The van der Waals surface area contributed by atoms with Crippen LogP contribution >= 0.6 is 12.8 Å². The SMILES string of the molecule is CC(C)Cc1c(F)c2c(n1C)CN(S)C2=O. The summed E-state index contributed by atoms with van der Waals surface area (Å²) in [5.74, 6) is -0.334. The van der Waals surface area contributed by atoms with Crippen molar-refractivity contribution in [3.05, 3.63) is 22.8 Å². The van der Waals surface area contributed by atoms with Gasteiger partial charge in [-0.3, -0.25) is 9.10 Å². The third kappa shape index (κ3) is 1.54. The fraction of sp³-hybridized carbons (Fsp3) is 0.545. The minimum Gasteiger partial charge on any atom is -0.347 e. The molecule has 0 atom stereocenters. The average molecular weight is 242 g/mol. The summed E-state index contributed by atoms with van der Waals surface area (Å²) in [6, 6.07) is 0. The van der Waals surface area contributed by atoms with Crippen LogP contribution in [0.4, 0.5) is 4.39 Å². The van der Waals surface area contributed by atoms with Gasteiger partial charge in [-0.25, -0.2) is 4.39 Å². The van der Waals surface area contributed by atoms with E-state index in [0.29, 0.717) is 24.6 Å². The van der Waals surface area contributed by atoms with Gasteiger partial charge >= 0.3 is 0 Å². The molecule has 3 nitrogen and oxygen atoms in total. The summed E-state index contributed by atoms with van der Waals surface area (Å²) < 4.78 is 17.1. The zero-order valence-electron chi connectivity index (χ0n) is 9.62. The molecule has 2 heterocycles. The maximum Gasteiger partial charge on any atom is 0.268 e. The number of thiol groups is 1. The minimum absolute atomic E-state index is 0.202. The smallest absolute Gasteiger partial charge is 0.268 e. The second kappa shape index (κ2) is 3.80. The highest BCUT2D eigenvalue weighted by atomic mass is 32.1. The molecule has 0 fully saturated rings. The lowest BCUT2D eigenvalue weighted by atomic mass is 10.1. The van der Waals surface area contributed by atoms with Gasteiger partial charge < -0.3 is 4.57 Å². The number of fused-ring (bicyclic) bond motifs is 1. The zero-order chi connectivity index (χ0) is 12.0. The molecule has 0 bridgehead atoms. The number of halogens is 1. The van der Waals surface area contributed by atoms with E-state index in [-0.39, 0.29) is 17.3 Å². The first-order valence-corrected chi connectivity index (χ1v) is 5.70. The maximum absolute atomic E-state index is 14.1. The number of nitrogens with zero attached hydrogens (tertiary/aromatic N) is 2. The molecule has 1 amide bonds. The molecular formula is C11H15FN2OS. The number of rotatable bonds is 2. The van der Waals surface area contributed by atoms with Crippen molar-refractivity contribution in [3.63, 3.8) is 0 Å². The first-order valence-electron chi connectivity index (χ1n) is 5.30. The Morgan fingerprint density at radius 3 is 2.62 bits per heavy atom. The monoisotopic (exact) mass is 242 g/mol. The van der Waals surface area contributed by atoms with Crippen molar-refractivity contribution in [1.29, 1.82) is 0 Å². The predicted molar refractivity (Wildman–Crippen MR) is 62.8 cm³/mol. The molecule has 1 aromatic heterocycles. The van der Waals surface area contributed by atoms with Gasteiger partial charge in [0.1, 0.15) is 0 Å². The van der Waals surface area contributed by atoms with Gasteiger partial charge in [0.2, 0.25) is 0 Å². The Morgan fingerprint density at radius 1 is 1.50 bits per heavy atom. The van der Waals surface area contributed by atoms with Crippen LogP contribution in [-0.2, 0) is 20.0 Å². The summed E-state index contributed by atoms with van der Waals surface area (Å²) in [5, 5.41) is 0. The third-order valence-electron chi connectivity index (χ3n) is 2.92. The molecule has 0 radical (unpaired) electrons. The van der Waals surface area contributed by atoms with Crippen LogP contribution < -0.4 is 0 Å². The molecule has 1 aliphatic rings. The molecule has 2 rings (SSSR count). The number of hydrogen-bond donors (Lipinski definition) is 1. The molecule has 0 aromatic carbocycles. The number of carbonyl (C=O) groups excluding carboxylic acids is 1. The van der Waals surface area contributed by atoms with E-state index in [1.54, 1.807) is 11.6 Å². The summed E-state index contributed by atoms with van der Waals surface area (Å²) in [4.78, 5) is 11.7. The van der Waals surface area contributed by atoms with E-state index in [9.17, 15) is 9.18 Å². The van der Waals surface area contributed by atoms with Crippen molar-refractivity contribution >= 4 is 18.7 Å². The van der Waals surface area contributed by atoms with Gasteiger partial charge in [-0.2, -0.15) is 0 Å². The van der Waals surface area contributed by atoms with Crippen LogP contribution in [-0.4, -0.2) is 14.8 Å². The van der Waals surface area contributed by atoms with Crippen LogP contribution in [0.1, 0.15) is 35.6 Å². The van der Waals surface area contributed by atoms with Crippen molar-refractivity contribution in [2.45, 2.75) is 26.8 Å². The van der Waals surface area contributed by atoms with E-state index in [4.69, 9.17) is 0 Å². The van der Waals surface area contributed by atoms with Gasteiger partial charge in [-0.05, 0) is 12.3 Å². The molecule has 1 aromatic rings. The van der Waals surface area contributed by atoms with Crippen molar-refractivity contribution in [2.24, 2.45) is 13.0 Å². The molecule has 0 saturated heterocycles. The van der Waals surface area contributed by atoms with Gasteiger partial charge in [0.25, 0.3) is 5.91 Å². The Morgan fingerprint density at radius 2 is 2.12 bits per heavy atom. The maximum atomic E-state index is 14.1. The summed E-state index contributed by atoms with van der Waals surface area (Å²) in [5.41, 5.74) is 1.55. The number of aromatic nitrogens is 1. The topological polar surface area (TPSA) is 25.2 Å². The fourth-order valence-electron chi connectivity index (χ4n) is 2.11. The Balaban J connectivity index is 2.50. The van der Waals surface area contributed by atoms with E-state index in [1.807, 2.05) is 13.8 Å². The third-order valence-corrected chi connectivity index (χ3v) is 3.24. The first kappa shape index (κ1) is 11.5. The highest BCUT2D eigenvalue weighted by Gasteiger charge is 2.34. The Hall–Kier alpha value is -0.970. The van der Waals surface area contributed by atoms with Gasteiger partial charge in [0.05, 0.1) is 23.5 Å². The lowest BCUT2D eigenvalue weighted by Crippen LogP contribution is -2.15. The number of carbonyl (C=O) groups is 1. The zero-order valence-corrected chi connectivity index (χ0v) is 10.5. The van der Waals surface area contributed by atoms with Crippen molar-refractivity contribution < 1.29 is 9.18 Å². The summed E-state index contributed by atoms with van der Waals surface area (Å²) in [6.07, 6.45) is 0.648. The average Bonchev–Trinajstić information content (AvgIpc) is 2.60. The molecule has 1 aliphatic heterocycles. The van der Waals surface area contributed by atoms with Crippen LogP contribution in [0.5, 0.6) is 0 Å². The van der Waals surface area contributed by atoms with E-state index in [2.05, 4.69) is 12.8 Å². The minimum atomic E-state index is -0.368.